The van der Waals surface area contributed by atoms with Crippen LogP contribution in [0.3, 0.4) is 0 Å². The molecule has 0 amide bonds. The normalized spacial score (nSPS) is 12.1. The van der Waals surface area contributed by atoms with Gasteiger partial charge in [-0.05, 0) is 59.7 Å². The molecule has 4 aromatic heterocycles. The topological polar surface area (TPSA) is 276 Å². The van der Waals surface area contributed by atoms with Crippen molar-refractivity contribution in [3.8, 4) is 23.0 Å². The molecule has 16 nitrogen and oxygen atoms in total. The number of para-hydroxylation sites is 2. The van der Waals surface area contributed by atoms with Crippen LogP contribution in [0.15, 0.2) is 182 Å². The van der Waals surface area contributed by atoms with Gasteiger partial charge in [-0.1, -0.05) is 97.1 Å². The molecule has 68 heavy (non-hydrogen) atoms. The number of rotatable bonds is 8. The molecule has 6 N–H and O–H groups in total. The zero-order chi connectivity index (χ0) is 48.0. The Morgan fingerprint density at radius 1 is 0.353 bits per heavy atom. The lowest BCUT2D eigenvalue weighted by Gasteiger charge is -2.20. The Hall–Kier alpha value is -9.70. The van der Waals surface area contributed by atoms with Crippen molar-refractivity contribution < 1.29 is 57.9 Å². The maximum atomic E-state index is 13.1. The number of carboxylic acids is 2. The molecule has 0 aliphatic heterocycles. The molecule has 0 radical (unpaired) electrons. The SMILES string of the molecule is O=C(O)c1ccccc1C(c1oc(=O)c2ccccc2c1O)c1c(O)c2ccccc2oc1=O.O=C(O)c1ccccc1C(c1oc(=O)c2ccccc2c1O)c1c(O)c2ccccc2oc1=O. The maximum Gasteiger partial charge on any atom is 0.344 e. The molecule has 10 rings (SSSR count). The molecule has 0 aliphatic rings. The van der Waals surface area contributed by atoms with Gasteiger partial charge in [-0.2, -0.15) is 0 Å². The summed E-state index contributed by atoms with van der Waals surface area (Å²) in [6, 6.07) is 36.3. The van der Waals surface area contributed by atoms with Crippen LogP contribution in [0.4, 0.5) is 0 Å². The van der Waals surface area contributed by atoms with Gasteiger partial charge in [-0.3, -0.25) is 0 Å². The highest BCUT2D eigenvalue weighted by Crippen LogP contribution is 2.45. The predicted molar refractivity (Wildman–Crippen MR) is 245 cm³/mol. The van der Waals surface area contributed by atoms with Crippen molar-refractivity contribution in [1.82, 2.24) is 0 Å². The summed E-state index contributed by atoms with van der Waals surface area (Å²) in [5.74, 6) is -8.23. The summed E-state index contributed by atoms with van der Waals surface area (Å²) in [7, 11) is 0. The highest BCUT2D eigenvalue weighted by Gasteiger charge is 2.36. The van der Waals surface area contributed by atoms with Gasteiger partial charge in [0.2, 0.25) is 0 Å². The smallest absolute Gasteiger partial charge is 0.344 e. The summed E-state index contributed by atoms with van der Waals surface area (Å²) < 4.78 is 21.7. The van der Waals surface area contributed by atoms with Gasteiger partial charge in [0.1, 0.15) is 22.7 Å². The molecule has 2 atom stereocenters. The third-order valence-corrected chi connectivity index (χ3v) is 11.4. The number of carbonyl (C=O) groups is 2. The van der Waals surface area contributed by atoms with Crippen LogP contribution in [0.1, 0.15) is 66.3 Å². The first-order valence-electron chi connectivity index (χ1n) is 20.4. The second-order valence-electron chi connectivity index (χ2n) is 15.2. The number of benzene rings is 6. The lowest BCUT2D eigenvalue weighted by atomic mass is 9.85. The zero-order valence-electron chi connectivity index (χ0n) is 34.8. The Labute approximate surface area is 379 Å². The van der Waals surface area contributed by atoms with Crippen LogP contribution < -0.4 is 22.5 Å². The van der Waals surface area contributed by atoms with Crippen LogP contribution >= 0.6 is 0 Å². The Balaban J connectivity index is 0.000000170. The lowest BCUT2D eigenvalue weighted by Crippen LogP contribution is -2.19. The summed E-state index contributed by atoms with van der Waals surface area (Å²) in [5, 5.41) is 64.9. The zero-order valence-corrected chi connectivity index (χ0v) is 34.8. The molecule has 0 spiro atoms. The second-order valence-corrected chi connectivity index (χ2v) is 15.2. The number of hydrogen-bond donors (Lipinski definition) is 6. The molecule has 2 unspecified atom stereocenters. The lowest BCUT2D eigenvalue weighted by molar-refractivity contribution is 0.0684. The molecule has 10 aromatic rings. The van der Waals surface area contributed by atoms with Crippen LogP contribution in [-0.4, -0.2) is 42.6 Å². The van der Waals surface area contributed by atoms with Crippen LogP contribution in [0.25, 0.3) is 43.5 Å². The molecule has 336 valence electrons. The van der Waals surface area contributed by atoms with E-state index >= 15 is 0 Å². The van der Waals surface area contributed by atoms with Crippen LogP contribution in [-0.2, 0) is 0 Å². The van der Waals surface area contributed by atoms with E-state index in [0.717, 1.165) is 0 Å². The van der Waals surface area contributed by atoms with Gasteiger partial charge in [0.05, 0.1) is 55.6 Å². The van der Waals surface area contributed by atoms with Crippen LogP contribution in [0.5, 0.6) is 23.0 Å². The fourth-order valence-electron chi connectivity index (χ4n) is 8.35. The first-order chi connectivity index (χ1) is 32.8. The van der Waals surface area contributed by atoms with E-state index in [-0.39, 0.29) is 76.9 Å². The third-order valence-electron chi connectivity index (χ3n) is 11.4. The fourth-order valence-corrected chi connectivity index (χ4v) is 8.35. The average molecular weight is 913 g/mol. The molecular formula is C52H32O16. The van der Waals surface area contributed by atoms with E-state index in [2.05, 4.69) is 0 Å². The summed E-state index contributed by atoms with van der Waals surface area (Å²) in [5.41, 5.74) is -4.47. The van der Waals surface area contributed by atoms with Crippen molar-refractivity contribution in [3.05, 3.63) is 232 Å². The minimum Gasteiger partial charge on any atom is -0.507 e. The number of aromatic hydroxyl groups is 4. The van der Waals surface area contributed by atoms with E-state index in [1.807, 2.05) is 0 Å². The van der Waals surface area contributed by atoms with E-state index in [4.69, 9.17) is 17.7 Å². The molecule has 0 fully saturated rings. The standard InChI is InChI=1S/2C26H16O8/c2*27-21-17-11-5-6-12-18(17)33-26(32)20(21)19(13-7-1-3-9-15(13)24(29)30)23-22(28)14-8-2-4-10-16(14)25(31)34-23/h2*1-12,19,27-28H,(H,29,30). The Bertz CT molecular complexity index is 3680. The third kappa shape index (κ3) is 7.42. The van der Waals surface area contributed by atoms with Crippen molar-refractivity contribution in [2.24, 2.45) is 0 Å². The summed E-state index contributed by atoms with van der Waals surface area (Å²) >= 11 is 0. The molecule has 6 aromatic carbocycles. The van der Waals surface area contributed by atoms with Crippen LogP contribution in [0.2, 0.25) is 0 Å². The van der Waals surface area contributed by atoms with Crippen molar-refractivity contribution in [2.45, 2.75) is 11.8 Å². The monoisotopic (exact) mass is 912 g/mol. The molecule has 16 heteroatoms. The molecular weight excluding hydrogens is 881 g/mol. The average Bonchev–Trinajstić information content (AvgIpc) is 3.34. The van der Waals surface area contributed by atoms with Gasteiger partial charge in [-0.15, -0.1) is 0 Å². The van der Waals surface area contributed by atoms with Crippen molar-refractivity contribution in [3.63, 3.8) is 0 Å². The Morgan fingerprint density at radius 2 is 0.662 bits per heavy atom. The summed E-state index contributed by atoms with van der Waals surface area (Å²) in [4.78, 5) is 75.8. The second kappa shape index (κ2) is 17.4. The van der Waals surface area contributed by atoms with E-state index in [0.29, 0.717) is 0 Å². The highest BCUT2D eigenvalue weighted by molar-refractivity contribution is 5.94. The van der Waals surface area contributed by atoms with E-state index in [9.17, 15) is 59.4 Å². The summed E-state index contributed by atoms with van der Waals surface area (Å²) in [6.45, 7) is 0. The highest BCUT2D eigenvalue weighted by atomic mass is 16.4. The molecule has 0 saturated heterocycles. The minimum absolute atomic E-state index is 0.0154. The van der Waals surface area contributed by atoms with Gasteiger partial charge in [-0.25, -0.2) is 28.8 Å². The summed E-state index contributed by atoms with van der Waals surface area (Å²) in [6.07, 6.45) is 0. The first kappa shape index (κ1) is 43.5. The van der Waals surface area contributed by atoms with Gasteiger partial charge >= 0.3 is 34.4 Å². The molecule has 4 heterocycles. The Kier molecular flexibility index (Phi) is 11.1. The quantitative estimate of drug-likeness (QED) is 0.0781. The molecule has 0 aliphatic carbocycles. The van der Waals surface area contributed by atoms with E-state index < -0.39 is 80.8 Å². The molecule has 0 saturated carbocycles. The van der Waals surface area contributed by atoms with Crippen molar-refractivity contribution >= 4 is 55.4 Å². The van der Waals surface area contributed by atoms with Crippen LogP contribution in [0, 0.1) is 0 Å². The number of fused-ring (bicyclic) bond motifs is 4. The molecule has 0 bridgehead atoms. The van der Waals surface area contributed by atoms with E-state index in [1.165, 1.54) is 97.1 Å². The van der Waals surface area contributed by atoms with Gasteiger partial charge in [0, 0.05) is 10.8 Å². The maximum absolute atomic E-state index is 13.1. The number of hydrogen-bond acceptors (Lipinski definition) is 14. The first-order valence-corrected chi connectivity index (χ1v) is 20.4. The van der Waals surface area contributed by atoms with E-state index in [1.54, 1.807) is 48.5 Å². The minimum atomic E-state index is -1.47. The van der Waals surface area contributed by atoms with Crippen molar-refractivity contribution in [2.75, 3.05) is 0 Å². The van der Waals surface area contributed by atoms with Crippen molar-refractivity contribution in [1.29, 1.82) is 0 Å². The predicted octanol–water partition coefficient (Wildman–Crippen LogP) is 8.38. The van der Waals surface area contributed by atoms with Gasteiger partial charge in [0.15, 0.2) is 23.0 Å². The Morgan fingerprint density at radius 3 is 1.03 bits per heavy atom. The fraction of sp³-hybridized carbons (Fsp3) is 0.0385. The number of aromatic carboxylic acids is 2. The van der Waals surface area contributed by atoms with Gasteiger partial charge < -0.3 is 48.3 Å². The largest absolute Gasteiger partial charge is 0.507 e. The number of carboxylic acid groups (broad SMARTS) is 2. The van der Waals surface area contributed by atoms with Gasteiger partial charge in [0.25, 0.3) is 0 Å².